The summed E-state index contributed by atoms with van der Waals surface area (Å²) in [5.74, 6) is 1.17. The van der Waals surface area contributed by atoms with Crippen LogP contribution < -0.4 is 16.4 Å². The van der Waals surface area contributed by atoms with Crippen LogP contribution in [0.4, 0.5) is 5.82 Å². The molecule has 1 aliphatic heterocycles. The maximum Gasteiger partial charge on any atom is 0.123 e. The van der Waals surface area contributed by atoms with Crippen molar-refractivity contribution in [2.75, 3.05) is 39.0 Å². The lowest BCUT2D eigenvalue weighted by atomic mass is 9.96. The fourth-order valence-corrected chi connectivity index (χ4v) is 3.97. The molecule has 1 aromatic heterocycles. The van der Waals surface area contributed by atoms with Crippen molar-refractivity contribution in [3.05, 3.63) is 58.2 Å². The molecular formula is C21H34Cl5N5. The number of aromatic nitrogens is 1. The van der Waals surface area contributed by atoms with Crippen LogP contribution >= 0.6 is 61.2 Å². The average molecular weight is 534 g/mol. The van der Waals surface area contributed by atoms with E-state index >= 15 is 0 Å². The van der Waals surface area contributed by atoms with E-state index in [0.717, 1.165) is 49.9 Å². The largest absolute Gasteiger partial charge is 0.384 e. The first-order valence-corrected chi connectivity index (χ1v) is 9.98. The van der Waals surface area contributed by atoms with Crippen molar-refractivity contribution < 1.29 is 0 Å². The van der Waals surface area contributed by atoms with Gasteiger partial charge in [-0.25, -0.2) is 4.98 Å². The lowest BCUT2D eigenvalue weighted by molar-refractivity contribution is 0.210. The smallest absolute Gasteiger partial charge is 0.123 e. The van der Waals surface area contributed by atoms with E-state index in [1.165, 1.54) is 11.1 Å². The molecule has 1 aromatic carbocycles. The minimum absolute atomic E-state index is 0. The van der Waals surface area contributed by atoms with Crippen molar-refractivity contribution in [3.63, 3.8) is 0 Å². The zero-order valence-electron chi connectivity index (χ0n) is 17.8. The Morgan fingerprint density at radius 2 is 1.81 bits per heavy atom. The fourth-order valence-electron chi connectivity index (χ4n) is 3.84. The first-order chi connectivity index (χ1) is 13.0. The van der Waals surface area contributed by atoms with Crippen LogP contribution in [0.5, 0.6) is 0 Å². The number of nitrogens with one attached hydrogen (secondary N) is 2. The number of nitrogen functional groups attached to an aromatic ring is 1. The molecule has 31 heavy (non-hydrogen) atoms. The zero-order chi connectivity index (χ0) is 19.2. The van der Waals surface area contributed by atoms with Crippen LogP contribution in [0.15, 0.2) is 36.4 Å². The van der Waals surface area contributed by atoms with Gasteiger partial charge in [0, 0.05) is 42.9 Å². The van der Waals surface area contributed by atoms with Crippen molar-refractivity contribution in [1.82, 2.24) is 20.5 Å². The van der Waals surface area contributed by atoms with Crippen LogP contribution in [-0.4, -0.2) is 49.2 Å². The Balaban J connectivity index is 0. The molecule has 0 aliphatic carbocycles. The van der Waals surface area contributed by atoms with E-state index in [1.54, 1.807) is 0 Å². The first-order valence-electron chi connectivity index (χ1n) is 9.60. The summed E-state index contributed by atoms with van der Waals surface area (Å²) in [6.45, 7) is 6.97. The van der Waals surface area contributed by atoms with E-state index < -0.39 is 0 Å². The number of rotatable bonds is 8. The van der Waals surface area contributed by atoms with E-state index in [9.17, 15) is 0 Å². The topological polar surface area (TPSA) is 66.2 Å². The number of halogens is 5. The predicted molar refractivity (Wildman–Crippen MR) is 142 cm³/mol. The van der Waals surface area contributed by atoms with Gasteiger partial charge in [-0.1, -0.05) is 23.7 Å². The summed E-state index contributed by atoms with van der Waals surface area (Å²) in [6.07, 6.45) is 0.964. The van der Waals surface area contributed by atoms with Crippen molar-refractivity contribution in [3.8, 4) is 0 Å². The number of likely N-dealkylation sites (N-methyl/N-ethyl adjacent to an activating group) is 1. The molecule has 178 valence electrons. The van der Waals surface area contributed by atoms with Crippen molar-refractivity contribution in [1.29, 1.82) is 0 Å². The highest BCUT2D eigenvalue weighted by atomic mass is 35.5. The van der Waals surface area contributed by atoms with Gasteiger partial charge in [-0.15, -0.1) is 49.6 Å². The van der Waals surface area contributed by atoms with E-state index in [4.69, 9.17) is 17.3 Å². The maximum atomic E-state index is 5.93. The van der Waals surface area contributed by atoms with Gasteiger partial charge in [0.25, 0.3) is 0 Å². The van der Waals surface area contributed by atoms with Gasteiger partial charge in [-0.05, 0) is 68.2 Å². The van der Waals surface area contributed by atoms with Crippen LogP contribution in [0.2, 0.25) is 5.02 Å². The average Bonchev–Trinajstić information content (AvgIpc) is 3.07. The fraction of sp³-hybridized carbons (Fsp3) is 0.476. The molecule has 0 amide bonds. The summed E-state index contributed by atoms with van der Waals surface area (Å²) < 4.78 is 0. The lowest BCUT2D eigenvalue weighted by Gasteiger charge is -2.29. The number of anilines is 1. The van der Waals surface area contributed by atoms with Gasteiger partial charge >= 0.3 is 0 Å². The van der Waals surface area contributed by atoms with Gasteiger partial charge < -0.3 is 21.3 Å². The molecule has 2 atom stereocenters. The third-order valence-electron chi connectivity index (χ3n) is 5.27. The summed E-state index contributed by atoms with van der Waals surface area (Å²) in [4.78, 5) is 6.97. The van der Waals surface area contributed by atoms with Gasteiger partial charge in [-0.3, -0.25) is 0 Å². The number of hydrogen-bond acceptors (Lipinski definition) is 5. The summed E-state index contributed by atoms with van der Waals surface area (Å²) in [5.41, 5.74) is 9.45. The molecule has 10 heteroatoms. The summed E-state index contributed by atoms with van der Waals surface area (Å²) in [6, 6.07) is 12.6. The Morgan fingerprint density at radius 3 is 2.45 bits per heavy atom. The molecule has 1 saturated heterocycles. The predicted octanol–water partition coefficient (Wildman–Crippen LogP) is 4.16. The van der Waals surface area contributed by atoms with Gasteiger partial charge in [0.1, 0.15) is 5.82 Å². The van der Waals surface area contributed by atoms with Gasteiger partial charge in [-0.2, -0.15) is 0 Å². The normalized spacial score (nSPS) is 17.2. The number of aryl methyl sites for hydroxylation is 1. The number of pyridine rings is 1. The molecule has 0 radical (unpaired) electrons. The molecule has 2 heterocycles. The molecule has 0 unspecified atom stereocenters. The lowest BCUT2D eigenvalue weighted by Crippen LogP contribution is -2.42. The standard InChI is InChI=1S/C21H30ClN5.4ClH/c1-15-9-19(26-21(23)10-15)11-17-13-25-14-20(17)27(2)8-7-24-12-16-3-5-18(22)6-4-16;;;;/h3-6,9-10,17,20,24-25H,7-8,11-14H2,1-2H3,(H2,23,26);4*1H/t17-,20+;;;;/m0..../s1. The Bertz CT molecular complexity index is 727. The molecule has 1 fully saturated rings. The van der Waals surface area contributed by atoms with Crippen LogP contribution in [-0.2, 0) is 13.0 Å². The van der Waals surface area contributed by atoms with Crippen LogP contribution in [0.25, 0.3) is 0 Å². The SMILES string of the molecule is Cc1cc(N)nc(C[C@H]2CNC[C@H]2N(C)CCNCc2ccc(Cl)cc2)c1.Cl.Cl.Cl.Cl. The molecule has 0 saturated carbocycles. The second-order valence-corrected chi connectivity index (χ2v) is 7.97. The Labute approximate surface area is 215 Å². The monoisotopic (exact) mass is 531 g/mol. The maximum absolute atomic E-state index is 5.93. The molecule has 4 N–H and O–H groups in total. The van der Waals surface area contributed by atoms with Crippen LogP contribution in [0.1, 0.15) is 16.8 Å². The van der Waals surface area contributed by atoms with E-state index in [2.05, 4.69) is 52.7 Å². The second-order valence-electron chi connectivity index (χ2n) is 7.53. The number of hydrogen-bond donors (Lipinski definition) is 3. The number of benzene rings is 1. The molecule has 0 bridgehead atoms. The van der Waals surface area contributed by atoms with Gasteiger partial charge in [0.05, 0.1) is 0 Å². The van der Waals surface area contributed by atoms with Crippen LogP contribution in [0.3, 0.4) is 0 Å². The van der Waals surface area contributed by atoms with Gasteiger partial charge in [0.2, 0.25) is 0 Å². The third kappa shape index (κ3) is 10.3. The van der Waals surface area contributed by atoms with E-state index in [-0.39, 0.29) is 49.6 Å². The minimum Gasteiger partial charge on any atom is -0.384 e. The van der Waals surface area contributed by atoms with Crippen molar-refractivity contribution in [2.45, 2.75) is 25.9 Å². The molecule has 3 rings (SSSR count). The zero-order valence-corrected chi connectivity index (χ0v) is 21.9. The Hall–Kier alpha value is -0.500. The van der Waals surface area contributed by atoms with Gasteiger partial charge in [0.15, 0.2) is 0 Å². The van der Waals surface area contributed by atoms with E-state index in [1.807, 2.05) is 18.2 Å². The number of nitrogens with two attached hydrogens (primary N) is 1. The molecule has 0 spiro atoms. The second kappa shape index (κ2) is 16.2. The third-order valence-corrected chi connectivity index (χ3v) is 5.52. The number of nitrogens with zero attached hydrogens (tertiary/aromatic N) is 2. The first kappa shape index (κ1) is 32.7. The highest BCUT2D eigenvalue weighted by Gasteiger charge is 2.30. The summed E-state index contributed by atoms with van der Waals surface area (Å²) in [5, 5.41) is 7.84. The Kier molecular flexibility index (Phi) is 17.0. The van der Waals surface area contributed by atoms with E-state index in [0.29, 0.717) is 17.8 Å². The van der Waals surface area contributed by atoms with Crippen molar-refractivity contribution >= 4 is 67.0 Å². The molecule has 2 aromatic rings. The summed E-state index contributed by atoms with van der Waals surface area (Å²) >= 11 is 5.93. The molecule has 1 aliphatic rings. The van der Waals surface area contributed by atoms with Crippen molar-refractivity contribution in [2.24, 2.45) is 5.92 Å². The molecule has 5 nitrogen and oxygen atoms in total. The highest BCUT2D eigenvalue weighted by molar-refractivity contribution is 6.30. The highest BCUT2D eigenvalue weighted by Crippen LogP contribution is 2.20. The quantitative estimate of drug-likeness (QED) is 0.445. The van der Waals surface area contributed by atoms with Crippen LogP contribution in [0, 0.1) is 12.8 Å². The minimum atomic E-state index is 0. The molecular weight excluding hydrogens is 500 g/mol. The Morgan fingerprint density at radius 1 is 1.13 bits per heavy atom. The summed E-state index contributed by atoms with van der Waals surface area (Å²) in [7, 11) is 2.21.